The maximum absolute atomic E-state index is 11.6. The van der Waals surface area contributed by atoms with Gasteiger partial charge in [-0.05, 0) is 12.3 Å². The van der Waals surface area contributed by atoms with Gasteiger partial charge in [0.1, 0.15) is 6.04 Å². The van der Waals surface area contributed by atoms with E-state index in [1.807, 2.05) is 20.8 Å². The normalized spacial score (nSPS) is 23.7. The second-order valence-corrected chi connectivity index (χ2v) is 4.33. The Morgan fingerprint density at radius 1 is 1.38 bits per heavy atom. The fourth-order valence-corrected chi connectivity index (χ4v) is 1.41. The number of carbonyl (C=O) groups is 2. The minimum atomic E-state index is -0.375. The third-order valence-electron chi connectivity index (χ3n) is 2.21. The van der Waals surface area contributed by atoms with Gasteiger partial charge in [0.25, 0.3) is 5.91 Å². The molecule has 1 N–H and O–H groups in total. The van der Waals surface area contributed by atoms with Gasteiger partial charge in [-0.2, -0.15) is 0 Å². The molecule has 0 aliphatic carbocycles. The first-order valence-corrected chi connectivity index (χ1v) is 4.49. The molecule has 3 amide bonds. The Labute approximate surface area is 78.3 Å². The first-order valence-electron chi connectivity index (χ1n) is 4.49. The minimum absolute atomic E-state index is 0.111. The van der Waals surface area contributed by atoms with Crippen molar-refractivity contribution < 1.29 is 9.59 Å². The summed E-state index contributed by atoms with van der Waals surface area (Å²) in [7, 11) is 0. The van der Waals surface area contributed by atoms with E-state index in [0.29, 0.717) is 6.54 Å². The van der Waals surface area contributed by atoms with E-state index in [1.165, 1.54) is 4.90 Å². The van der Waals surface area contributed by atoms with Crippen LogP contribution in [0.3, 0.4) is 0 Å². The molecule has 1 atom stereocenters. The predicted octanol–water partition coefficient (Wildman–Crippen LogP) is 0.973. The van der Waals surface area contributed by atoms with Crippen molar-refractivity contribution in [1.82, 2.24) is 10.2 Å². The predicted molar refractivity (Wildman–Crippen MR) is 49.2 cm³/mol. The summed E-state index contributed by atoms with van der Waals surface area (Å²) in [5.41, 5.74) is -0.212. The van der Waals surface area contributed by atoms with Gasteiger partial charge in [-0.15, -0.1) is 0 Å². The third-order valence-corrected chi connectivity index (χ3v) is 2.21. The van der Waals surface area contributed by atoms with Gasteiger partial charge in [0.2, 0.25) is 0 Å². The molecule has 1 fully saturated rings. The molecule has 0 aromatic heterocycles. The van der Waals surface area contributed by atoms with Crippen molar-refractivity contribution in [2.45, 2.75) is 33.7 Å². The Morgan fingerprint density at radius 2 is 1.92 bits per heavy atom. The Kier molecular flexibility index (Phi) is 2.32. The van der Waals surface area contributed by atoms with Gasteiger partial charge in [0.15, 0.2) is 0 Å². The fraction of sp³-hybridized carbons (Fsp3) is 0.778. The zero-order chi connectivity index (χ0) is 10.2. The van der Waals surface area contributed by atoms with Crippen molar-refractivity contribution in [1.29, 1.82) is 0 Å². The minimum Gasteiger partial charge on any atom is -0.325 e. The summed E-state index contributed by atoms with van der Waals surface area (Å²) in [4.78, 5) is 24.1. The Morgan fingerprint density at radius 3 is 2.15 bits per heavy atom. The number of rotatable bonds is 1. The molecule has 1 heterocycles. The maximum atomic E-state index is 11.6. The van der Waals surface area contributed by atoms with Gasteiger partial charge in [-0.1, -0.05) is 20.8 Å². The molecular weight excluding hydrogens is 168 g/mol. The molecule has 1 aliphatic rings. The van der Waals surface area contributed by atoms with Gasteiger partial charge >= 0.3 is 6.03 Å². The number of likely N-dealkylation sites (N-methyl/N-ethyl adjacent to an activating group) is 1. The summed E-state index contributed by atoms with van der Waals surface area (Å²) < 4.78 is 0. The van der Waals surface area contributed by atoms with Crippen molar-refractivity contribution in [3.63, 3.8) is 0 Å². The Hall–Kier alpha value is -1.06. The van der Waals surface area contributed by atoms with Crippen molar-refractivity contribution in [3.8, 4) is 0 Å². The number of carbonyl (C=O) groups excluding carboxylic acids is 2. The highest BCUT2D eigenvalue weighted by Gasteiger charge is 2.43. The lowest BCUT2D eigenvalue weighted by molar-refractivity contribution is -0.129. The summed E-state index contributed by atoms with van der Waals surface area (Å²) in [5.74, 6) is -0.111. The molecule has 0 saturated carbocycles. The van der Waals surface area contributed by atoms with E-state index >= 15 is 0 Å². The van der Waals surface area contributed by atoms with Crippen LogP contribution in [0.15, 0.2) is 0 Å². The first-order chi connectivity index (χ1) is 5.88. The van der Waals surface area contributed by atoms with Crippen LogP contribution in [-0.4, -0.2) is 29.4 Å². The van der Waals surface area contributed by atoms with Crippen LogP contribution >= 0.6 is 0 Å². The first kappa shape index (κ1) is 10.0. The van der Waals surface area contributed by atoms with Crippen molar-refractivity contribution in [3.05, 3.63) is 0 Å². The molecule has 1 saturated heterocycles. The van der Waals surface area contributed by atoms with Gasteiger partial charge < -0.3 is 5.32 Å². The third kappa shape index (κ3) is 1.66. The zero-order valence-electron chi connectivity index (χ0n) is 8.55. The molecule has 13 heavy (non-hydrogen) atoms. The number of urea groups is 1. The number of imide groups is 1. The number of nitrogens with zero attached hydrogens (tertiary/aromatic N) is 1. The van der Waals surface area contributed by atoms with Gasteiger partial charge in [-0.3, -0.25) is 9.69 Å². The van der Waals surface area contributed by atoms with Crippen LogP contribution < -0.4 is 5.32 Å². The average molecular weight is 184 g/mol. The summed E-state index contributed by atoms with van der Waals surface area (Å²) in [6.07, 6.45) is 0. The van der Waals surface area contributed by atoms with E-state index in [9.17, 15) is 9.59 Å². The second kappa shape index (κ2) is 3.01. The van der Waals surface area contributed by atoms with Crippen molar-refractivity contribution in [2.24, 2.45) is 5.41 Å². The van der Waals surface area contributed by atoms with E-state index in [1.54, 1.807) is 6.92 Å². The topological polar surface area (TPSA) is 49.4 Å². The van der Waals surface area contributed by atoms with E-state index in [2.05, 4.69) is 5.32 Å². The summed E-state index contributed by atoms with van der Waals surface area (Å²) in [5, 5.41) is 2.68. The van der Waals surface area contributed by atoms with Crippen LogP contribution in [0.25, 0.3) is 0 Å². The van der Waals surface area contributed by atoms with E-state index in [4.69, 9.17) is 0 Å². The molecule has 74 valence electrons. The van der Waals surface area contributed by atoms with Gasteiger partial charge in [-0.25, -0.2) is 4.79 Å². The number of hydrogen-bond donors (Lipinski definition) is 1. The monoisotopic (exact) mass is 184 g/mol. The summed E-state index contributed by atoms with van der Waals surface area (Å²) in [6.45, 7) is 8.05. The Balaban J connectivity index is 2.85. The number of nitrogens with one attached hydrogen (secondary N) is 1. The number of amides is 3. The van der Waals surface area contributed by atoms with Gasteiger partial charge in [0, 0.05) is 6.54 Å². The van der Waals surface area contributed by atoms with E-state index in [-0.39, 0.29) is 23.4 Å². The van der Waals surface area contributed by atoms with Crippen LogP contribution in [0, 0.1) is 5.41 Å². The average Bonchev–Trinajstić information content (AvgIpc) is 2.25. The lowest BCUT2D eigenvalue weighted by Gasteiger charge is -2.24. The Bertz CT molecular complexity index is 242. The van der Waals surface area contributed by atoms with Crippen molar-refractivity contribution in [2.75, 3.05) is 6.54 Å². The highest BCUT2D eigenvalue weighted by Crippen LogP contribution is 2.24. The van der Waals surface area contributed by atoms with Gasteiger partial charge in [0.05, 0.1) is 0 Å². The molecule has 0 radical (unpaired) electrons. The lowest BCUT2D eigenvalue weighted by atomic mass is 9.87. The molecule has 0 aromatic rings. The van der Waals surface area contributed by atoms with Crippen LogP contribution in [0.2, 0.25) is 0 Å². The lowest BCUT2D eigenvalue weighted by Crippen LogP contribution is -2.41. The van der Waals surface area contributed by atoms with Crippen LogP contribution in [0.5, 0.6) is 0 Å². The molecule has 1 aliphatic heterocycles. The molecule has 1 rings (SSSR count). The van der Waals surface area contributed by atoms with Crippen LogP contribution in [0.1, 0.15) is 27.7 Å². The molecule has 4 heteroatoms. The molecule has 4 nitrogen and oxygen atoms in total. The highest BCUT2D eigenvalue weighted by atomic mass is 16.2. The van der Waals surface area contributed by atoms with Crippen LogP contribution in [-0.2, 0) is 4.79 Å². The fourth-order valence-electron chi connectivity index (χ4n) is 1.41. The largest absolute Gasteiger partial charge is 0.325 e. The molecule has 0 aromatic carbocycles. The SMILES string of the molecule is CCN1C(=O)NC(C(C)(C)C)C1=O. The highest BCUT2D eigenvalue weighted by molar-refractivity contribution is 6.04. The van der Waals surface area contributed by atoms with Crippen molar-refractivity contribution >= 4 is 11.9 Å². The standard InChI is InChI=1S/C9H16N2O2/c1-5-11-7(12)6(9(2,3)4)10-8(11)13/h6H,5H2,1-4H3,(H,10,13). The number of hydrogen-bond acceptors (Lipinski definition) is 2. The summed E-state index contributed by atoms with van der Waals surface area (Å²) >= 11 is 0. The quantitative estimate of drug-likeness (QED) is 0.617. The van der Waals surface area contributed by atoms with E-state index in [0.717, 1.165) is 0 Å². The second-order valence-electron chi connectivity index (χ2n) is 4.33. The zero-order valence-corrected chi connectivity index (χ0v) is 8.55. The van der Waals surface area contributed by atoms with E-state index < -0.39 is 0 Å². The maximum Gasteiger partial charge on any atom is 0.324 e. The molecule has 0 bridgehead atoms. The smallest absolute Gasteiger partial charge is 0.324 e. The van der Waals surface area contributed by atoms with Crippen LogP contribution in [0.4, 0.5) is 4.79 Å². The molecule has 0 spiro atoms. The molecule has 1 unspecified atom stereocenters. The molecular formula is C9H16N2O2. The summed E-state index contributed by atoms with van der Waals surface area (Å²) in [6, 6.07) is -0.646.